The van der Waals surface area contributed by atoms with E-state index < -0.39 is 18.1 Å². The van der Waals surface area contributed by atoms with E-state index in [0.717, 1.165) is 37.9 Å². The molecule has 2 aliphatic rings. The van der Waals surface area contributed by atoms with E-state index in [1.165, 1.54) is 0 Å². The van der Waals surface area contributed by atoms with E-state index in [4.69, 9.17) is 10.8 Å². The number of aromatic amines is 1. The molecule has 10 heteroatoms. The molecule has 2 aromatic rings. The number of fused-ring (bicyclic) bond motifs is 1. The molecule has 1 saturated carbocycles. The first-order chi connectivity index (χ1) is 16.5. The van der Waals surface area contributed by atoms with Gasteiger partial charge in [0, 0.05) is 13.0 Å². The van der Waals surface area contributed by atoms with Crippen LogP contribution in [0.1, 0.15) is 45.7 Å². The van der Waals surface area contributed by atoms with Crippen LogP contribution in [0.15, 0.2) is 30.3 Å². The van der Waals surface area contributed by atoms with E-state index in [2.05, 4.69) is 31.3 Å². The Morgan fingerprint density at radius 3 is 2.88 bits per heavy atom. The summed E-state index contributed by atoms with van der Waals surface area (Å²) in [6, 6.07) is 7.37. The average Bonchev–Trinajstić information content (AvgIpc) is 3.36. The topological polar surface area (TPSA) is 131 Å². The second kappa shape index (κ2) is 11.7. The second-order valence-electron chi connectivity index (χ2n) is 8.75. The third-order valence-corrected chi connectivity index (χ3v) is 6.48. The number of piperidine rings is 1. The first-order valence-corrected chi connectivity index (χ1v) is 11.7. The van der Waals surface area contributed by atoms with Gasteiger partial charge in [-0.05, 0) is 68.5 Å². The number of aromatic nitrogens is 4. The highest BCUT2D eigenvalue weighted by Gasteiger charge is 2.38. The number of aryl methyl sites for hydroxylation is 1. The maximum atomic E-state index is 12.7. The van der Waals surface area contributed by atoms with E-state index in [-0.39, 0.29) is 6.61 Å². The molecule has 2 heterocycles. The van der Waals surface area contributed by atoms with Crippen molar-refractivity contribution in [2.24, 2.45) is 17.8 Å². The lowest BCUT2D eigenvalue weighted by Gasteiger charge is -2.42. The van der Waals surface area contributed by atoms with E-state index in [1.807, 2.05) is 6.07 Å². The van der Waals surface area contributed by atoms with Crippen LogP contribution in [0, 0.1) is 17.8 Å². The van der Waals surface area contributed by atoms with Crippen LogP contribution in [-0.2, 0) is 16.0 Å². The van der Waals surface area contributed by atoms with E-state index in [1.54, 1.807) is 24.3 Å². The Hall–Kier alpha value is -3.01. The normalized spacial score (nSPS) is 27.2. The largest absolute Gasteiger partial charge is 0.464 e. The van der Waals surface area contributed by atoms with Gasteiger partial charge in [0.05, 0.1) is 7.98 Å². The summed E-state index contributed by atoms with van der Waals surface area (Å²) in [7, 11) is 0. The molecule has 0 bridgehead atoms. The predicted molar refractivity (Wildman–Crippen MR) is 119 cm³/mol. The summed E-state index contributed by atoms with van der Waals surface area (Å²) in [5.74, 6) is 2.00. The third kappa shape index (κ3) is 6.98. The number of hydrogen-bond donors (Lipinski definition) is 3. The van der Waals surface area contributed by atoms with Gasteiger partial charge < -0.3 is 20.1 Å². The van der Waals surface area contributed by atoms with Crippen molar-refractivity contribution < 1.29 is 20.4 Å². The Bertz CT molecular complexity index is 931. The maximum absolute atomic E-state index is 12.7. The van der Waals surface area contributed by atoms with Crippen molar-refractivity contribution in [3.8, 4) is 5.75 Å². The van der Waals surface area contributed by atoms with Crippen LogP contribution in [0.25, 0.3) is 0 Å². The van der Waals surface area contributed by atoms with Gasteiger partial charge in [-0.2, -0.15) is 5.21 Å². The van der Waals surface area contributed by atoms with Gasteiger partial charge in [-0.3, -0.25) is 4.79 Å². The zero-order valence-corrected chi connectivity index (χ0v) is 18.7. The summed E-state index contributed by atoms with van der Waals surface area (Å²) in [6.07, 6.45) is 5.38. The molecule has 1 saturated heterocycles. The lowest BCUT2D eigenvalue weighted by atomic mass is 9.69. The molecule has 1 aromatic heterocycles. The number of nitrogens with zero attached hydrogens (tertiary/aromatic N) is 3. The van der Waals surface area contributed by atoms with E-state index in [0.29, 0.717) is 49.4 Å². The van der Waals surface area contributed by atoms with E-state index >= 15 is 0 Å². The molecular formula is C23H32N6O4. The van der Waals surface area contributed by atoms with Gasteiger partial charge in [0.2, 0.25) is 0 Å². The number of para-hydroxylation sites is 1. The molecule has 1 amide bonds. The summed E-state index contributed by atoms with van der Waals surface area (Å²) in [6.45, 7) is 1.10. The van der Waals surface area contributed by atoms with Gasteiger partial charge in [-0.15, -0.1) is 10.2 Å². The van der Waals surface area contributed by atoms with Crippen molar-refractivity contribution in [2.75, 3.05) is 19.7 Å². The number of rotatable bonds is 9. The molecule has 33 heavy (non-hydrogen) atoms. The quantitative estimate of drug-likeness (QED) is 0.386. The van der Waals surface area contributed by atoms with Crippen molar-refractivity contribution in [1.82, 2.24) is 31.3 Å². The third-order valence-electron chi connectivity index (χ3n) is 6.48. The number of amides is 1. The molecule has 0 spiro atoms. The van der Waals surface area contributed by atoms with Gasteiger partial charge in [-0.25, -0.2) is 4.79 Å². The summed E-state index contributed by atoms with van der Waals surface area (Å²) in [5, 5.41) is 19.9. The number of ether oxygens (including phenoxy) is 2. The van der Waals surface area contributed by atoms with Gasteiger partial charge in [0.1, 0.15) is 11.8 Å². The number of nitrogens with one attached hydrogen (secondary N) is 3. The Kier molecular flexibility index (Phi) is 7.76. The van der Waals surface area contributed by atoms with Gasteiger partial charge >= 0.3 is 12.1 Å². The highest BCUT2D eigenvalue weighted by atomic mass is 16.6. The highest BCUT2D eigenvalue weighted by molar-refractivity contribution is 5.76. The van der Waals surface area contributed by atoms with Crippen LogP contribution in [0.5, 0.6) is 5.75 Å². The van der Waals surface area contributed by atoms with Crippen LogP contribution < -0.4 is 15.4 Å². The predicted octanol–water partition coefficient (Wildman–Crippen LogP) is 2.25. The highest BCUT2D eigenvalue weighted by Crippen LogP contribution is 2.40. The fraction of sp³-hybridized carbons (Fsp3) is 0.609. The number of hydrogen-bond acceptors (Lipinski definition) is 8. The fourth-order valence-corrected chi connectivity index (χ4v) is 4.72. The Labute approximate surface area is 194 Å². The minimum absolute atomic E-state index is 0.133. The van der Waals surface area contributed by atoms with Crippen LogP contribution >= 0.6 is 0 Å². The van der Waals surface area contributed by atoms with Crippen molar-refractivity contribution in [3.63, 3.8) is 0 Å². The molecule has 10 nitrogen and oxygen atoms in total. The zero-order chi connectivity index (χ0) is 23.8. The summed E-state index contributed by atoms with van der Waals surface area (Å²) in [5.41, 5.74) is 0. The molecular weight excluding hydrogens is 424 g/mol. The number of esters is 1. The first kappa shape index (κ1) is 21.8. The Balaban J connectivity index is 1.15. The Morgan fingerprint density at radius 1 is 1.18 bits per heavy atom. The van der Waals surface area contributed by atoms with Crippen molar-refractivity contribution >= 4 is 12.1 Å². The lowest BCUT2D eigenvalue weighted by Crippen LogP contribution is -2.50. The molecule has 1 aromatic carbocycles. The minimum Gasteiger partial charge on any atom is -0.464 e. The number of tetrazole rings is 1. The van der Waals surface area contributed by atoms with Crippen molar-refractivity contribution in [1.29, 1.82) is 0 Å². The molecule has 178 valence electrons. The average molecular weight is 458 g/mol. The maximum Gasteiger partial charge on any atom is 0.412 e. The number of carbonyl (C=O) groups is 2. The first-order valence-electron chi connectivity index (χ1n) is 12.2. The fourth-order valence-electron chi connectivity index (χ4n) is 4.72. The molecule has 3 N–H and O–H groups in total. The molecule has 4 atom stereocenters. The molecule has 1 aliphatic heterocycles. The SMILES string of the molecule is [2H][C@@]1(C(=O)OCCCNC(=O)Oc2ccccc2)C[C@H]2C[C@@H](CCc3nn[nH]n3)CC[C@H]2CN1. The molecule has 2 fully saturated rings. The standard InChI is InChI=1S/C23H32N6O4/c30-22(32-12-4-11-24-23(31)33-19-5-2-1-3-6-19)20-14-18-13-16(7-9-17(18)15-25-20)8-10-21-26-28-29-27-21/h1-3,5-6,16-18,20,25H,4,7-15H2,(H,24,31)(H,26,27,28,29)/t16-,17+,18-,20+/m1/s1/i20D. The van der Waals surface area contributed by atoms with E-state index in [9.17, 15) is 9.59 Å². The summed E-state index contributed by atoms with van der Waals surface area (Å²) < 4.78 is 19.2. The number of benzene rings is 1. The smallest absolute Gasteiger partial charge is 0.412 e. The zero-order valence-electron chi connectivity index (χ0n) is 19.7. The Morgan fingerprint density at radius 2 is 2.06 bits per heavy atom. The van der Waals surface area contributed by atoms with Crippen LogP contribution in [0.3, 0.4) is 0 Å². The second-order valence-corrected chi connectivity index (χ2v) is 8.75. The number of H-pyrrole nitrogens is 1. The molecule has 0 radical (unpaired) electrons. The monoisotopic (exact) mass is 457 g/mol. The van der Waals surface area contributed by atoms with Gasteiger partial charge in [-0.1, -0.05) is 29.8 Å². The molecule has 4 rings (SSSR count). The van der Waals surface area contributed by atoms with Crippen LogP contribution in [-0.4, -0.2) is 58.4 Å². The summed E-state index contributed by atoms with van der Waals surface area (Å²) >= 11 is 0. The minimum atomic E-state index is -1.42. The summed E-state index contributed by atoms with van der Waals surface area (Å²) in [4.78, 5) is 24.5. The van der Waals surface area contributed by atoms with Gasteiger partial charge in [0.25, 0.3) is 0 Å². The lowest BCUT2D eigenvalue weighted by molar-refractivity contribution is -0.148. The van der Waals surface area contributed by atoms with Crippen molar-refractivity contribution in [2.45, 2.75) is 51.0 Å². The van der Waals surface area contributed by atoms with Crippen molar-refractivity contribution in [3.05, 3.63) is 36.2 Å². The van der Waals surface area contributed by atoms with Crippen LogP contribution in [0.2, 0.25) is 0 Å². The molecule has 1 aliphatic carbocycles. The molecule has 0 unspecified atom stereocenters. The van der Waals surface area contributed by atoms with Gasteiger partial charge in [0.15, 0.2) is 5.82 Å². The number of carbonyl (C=O) groups excluding carboxylic acids is 2. The van der Waals surface area contributed by atoms with Crippen LogP contribution in [0.4, 0.5) is 4.79 Å².